The van der Waals surface area contributed by atoms with E-state index in [9.17, 15) is 14.3 Å². The number of carbonyl (C=O) groups excluding carboxylic acids is 1. The van der Waals surface area contributed by atoms with Crippen LogP contribution in [0.5, 0.6) is 5.75 Å². The second kappa shape index (κ2) is 7.48. The number of nitrogens with zero attached hydrogens (tertiary/aromatic N) is 2. The summed E-state index contributed by atoms with van der Waals surface area (Å²) < 4.78 is 25.9. The number of fused-ring (bicyclic) bond motifs is 1. The molecular formula is C21H23FN2O4. The monoisotopic (exact) mass is 386 g/mol. The van der Waals surface area contributed by atoms with Gasteiger partial charge in [0.2, 0.25) is 0 Å². The Balaban J connectivity index is 1.67. The van der Waals surface area contributed by atoms with Crippen molar-refractivity contribution in [2.24, 2.45) is 0 Å². The summed E-state index contributed by atoms with van der Waals surface area (Å²) in [5.41, 5.74) is 3.19. The van der Waals surface area contributed by atoms with Crippen molar-refractivity contribution in [1.29, 1.82) is 0 Å². The highest BCUT2D eigenvalue weighted by Gasteiger charge is 2.38. The molecule has 2 aromatic rings. The number of rotatable bonds is 3. The molecule has 1 amide bonds. The van der Waals surface area contributed by atoms with Crippen LogP contribution in [-0.2, 0) is 11.2 Å². The first kappa shape index (κ1) is 18.8. The Morgan fingerprint density at radius 1 is 1.36 bits per heavy atom. The van der Waals surface area contributed by atoms with Crippen LogP contribution in [0.3, 0.4) is 0 Å². The van der Waals surface area contributed by atoms with Gasteiger partial charge in [-0.3, -0.25) is 14.7 Å². The lowest BCUT2D eigenvalue weighted by atomic mass is 9.95. The van der Waals surface area contributed by atoms with Gasteiger partial charge in [0.25, 0.3) is 5.91 Å². The van der Waals surface area contributed by atoms with Crippen molar-refractivity contribution in [3.63, 3.8) is 0 Å². The van der Waals surface area contributed by atoms with Gasteiger partial charge in [-0.05, 0) is 55.5 Å². The van der Waals surface area contributed by atoms with Crippen molar-refractivity contribution >= 4 is 5.91 Å². The molecule has 1 saturated heterocycles. The summed E-state index contributed by atoms with van der Waals surface area (Å²) in [6.45, 7) is 4.18. The van der Waals surface area contributed by atoms with Crippen molar-refractivity contribution in [2.45, 2.75) is 38.8 Å². The highest BCUT2D eigenvalue weighted by atomic mass is 19.1. The van der Waals surface area contributed by atoms with E-state index in [0.29, 0.717) is 30.6 Å². The molecule has 1 aromatic heterocycles. The number of hydrogen-bond donors (Lipinski definition) is 1. The van der Waals surface area contributed by atoms with E-state index in [-0.39, 0.29) is 30.6 Å². The molecule has 0 saturated carbocycles. The molecule has 4 rings (SSSR count). The average molecular weight is 386 g/mol. The van der Waals surface area contributed by atoms with Crippen molar-refractivity contribution in [3.8, 4) is 5.75 Å². The molecule has 28 heavy (non-hydrogen) atoms. The van der Waals surface area contributed by atoms with Gasteiger partial charge < -0.3 is 14.6 Å². The number of aliphatic hydroxyl groups is 1. The maximum atomic E-state index is 14.9. The third kappa shape index (κ3) is 3.36. The Labute approximate surface area is 162 Å². The number of aliphatic hydroxyl groups excluding tert-OH is 1. The average Bonchev–Trinajstić information content (AvgIpc) is 2.69. The van der Waals surface area contributed by atoms with Crippen molar-refractivity contribution in [1.82, 2.24) is 9.88 Å². The summed E-state index contributed by atoms with van der Waals surface area (Å²) in [7, 11) is 0. The lowest BCUT2D eigenvalue weighted by Gasteiger charge is -2.39. The van der Waals surface area contributed by atoms with E-state index in [1.54, 1.807) is 19.2 Å². The number of aryl methyl sites for hydroxylation is 1. The lowest BCUT2D eigenvalue weighted by Crippen LogP contribution is -2.55. The van der Waals surface area contributed by atoms with Crippen LogP contribution in [0.4, 0.5) is 4.39 Å². The van der Waals surface area contributed by atoms with Gasteiger partial charge in [0, 0.05) is 18.5 Å². The molecule has 1 N–H and O–H groups in total. The van der Waals surface area contributed by atoms with E-state index in [0.717, 1.165) is 11.3 Å². The van der Waals surface area contributed by atoms with Crippen molar-refractivity contribution in [2.75, 3.05) is 19.9 Å². The highest BCUT2D eigenvalue weighted by molar-refractivity contribution is 5.98. The van der Waals surface area contributed by atoms with Crippen LogP contribution in [0.25, 0.3) is 0 Å². The minimum Gasteiger partial charge on any atom is -0.469 e. The molecule has 6 nitrogen and oxygen atoms in total. The number of benzene rings is 1. The van der Waals surface area contributed by atoms with Crippen LogP contribution in [-0.4, -0.2) is 53.0 Å². The number of hydrogen-bond acceptors (Lipinski definition) is 5. The van der Waals surface area contributed by atoms with Gasteiger partial charge in [-0.1, -0.05) is 6.07 Å². The SMILES string of the molecule is Cc1ccc(Cc2cc3c(c(F)c2C)OCN(C2COCC[C@@H]2O)C3=O)cn1. The zero-order valence-corrected chi connectivity index (χ0v) is 15.9. The summed E-state index contributed by atoms with van der Waals surface area (Å²) in [6.07, 6.45) is 1.99. The second-order valence-electron chi connectivity index (χ2n) is 7.38. The summed E-state index contributed by atoms with van der Waals surface area (Å²) in [4.78, 5) is 18.8. The third-order valence-corrected chi connectivity index (χ3v) is 5.47. The van der Waals surface area contributed by atoms with Crippen molar-refractivity contribution in [3.05, 3.63) is 58.2 Å². The van der Waals surface area contributed by atoms with Crippen LogP contribution in [0.1, 0.15) is 39.2 Å². The van der Waals surface area contributed by atoms with Crippen LogP contribution in [0.2, 0.25) is 0 Å². The molecule has 7 heteroatoms. The maximum absolute atomic E-state index is 14.9. The fourth-order valence-corrected chi connectivity index (χ4v) is 3.69. The molecule has 3 heterocycles. The lowest BCUT2D eigenvalue weighted by molar-refractivity contribution is -0.0700. The highest BCUT2D eigenvalue weighted by Crippen LogP contribution is 2.34. The summed E-state index contributed by atoms with van der Waals surface area (Å²) >= 11 is 0. The summed E-state index contributed by atoms with van der Waals surface area (Å²) in [6, 6.07) is 5.04. The molecule has 1 fully saturated rings. The van der Waals surface area contributed by atoms with E-state index in [1.807, 2.05) is 19.1 Å². The van der Waals surface area contributed by atoms with Crippen LogP contribution < -0.4 is 4.74 Å². The minimum absolute atomic E-state index is 0.0178. The quantitative estimate of drug-likeness (QED) is 0.877. The number of halogens is 1. The Kier molecular flexibility index (Phi) is 5.03. The molecule has 0 aliphatic carbocycles. The predicted octanol–water partition coefficient (Wildman–Crippen LogP) is 2.37. The van der Waals surface area contributed by atoms with E-state index in [1.165, 1.54) is 4.90 Å². The maximum Gasteiger partial charge on any atom is 0.260 e. The number of ether oxygens (including phenoxy) is 2. The fourth-order valence-electron chi connectivity index (χ4n) is 3.69. The Hall–Kier alpha value is -2.51. The summed E-state index contributed by atoms with van der Waals surface area (Å²) in [5, 5.41) is 10.2. The number of carbonyl (C=O) groups is 1. The third-order valence-electron chi connectivity index (χ3n) is 5.47. The standard InChI is InChI=1S/C21H23FN2O4/c1-12-3-4-14(9-23-12)7-15-8-16-20(19(22)13(15)2)28-11-24(21(16)26)17-10-27-6-5-18(17)25/h3-4,8-9,17-18,25H,5-7,10-11H2,1-2H3/t17?,18-/m0/s1. The van der Waals surface area contributed by atoms with Gasteiger partial charge in [0.05, 0.1) is 24.3 Å². The van der Waals surface area contributed by atoms with Crippen molar-refractivity contribution < 1.29 is 23.8 Å². The second-order valence-corrected chi connectivity index (χ2v) is 7.38. The van der Waals surface area contributed by atoms with E-state index >= 15 is 0 Å². The van der Waals surface area contributed by atoms with Gasteiger partial charge >= 0.3 is 0 Å². The molecule has 0 radical (unpaired) electrons. The fraction of sp³-hybridized carbons (Fsp3) is 0.429. The summed E-state index contributed by atoms with van der Waals surface area (Å²) in [5.74, 6) is -0.880. The van der Waals surface area contributed by atoms with E-state index in [2.05, 4.69) is 4.98 Å². The molecule has 1 unspecified atom stereocenters. The Morgan fingerprint density at radius 2 is 2.18 bits per heavy atom. The van der Waals surface area contributed by atoms with Gasteiger partial charge in [-0.15, -0.1) is 0 Å². The van der Waals surface area contributed by atoms with Gasteiger partial charge in [-0.2, -0.15) is 0 Å². The van der Waals surface area contributed by atoms with E-state index in [4.69, 9.17) is 9.47 Å². The van der Waals surface area contributed by atoms with Gasteiger partial charge in [-0.25, -0.2) is 4.39 Å². The van der Waals surface area contributed by atoms with Crippen LogP contribution in [0, 0.1) is 19.7 Å². The van der Waals surface area contributed by atoms with E-state index < -0.39 is 18.0 Å². The predicted molar refractivity (Wildman–Crippen MR) is 99.8 cm³/mol. The minimum atomic E-state index is -0.684. The normalized spacial score (nSPS) is 22.0. The van der Waals surface area contributed by atoms with Crippen LogP contribution >= 0.6 is 0 Å². The number of pyridine rings is 1. The first-order valence-corrected chi connectivity index (χ1v) is 9.38. The molecule has 0 spiro atoms. The Bertz CT molecular complexity index is 900. The van der Waals surface area contributed by atoms with Gasteiger partial charge in [0.15, 0.2) is 18.3 Å². The first-order chi connectivity index (χ1) is 13.5. The molecule has 148 valence electrons. The smallest absolute Gasteiger partial charge is 0.260 e. The van der Waals surface area contributed by atoms with Gasteiger partial charge in [0.1, 0.15) is 0 Å². The largest absolute Gasteiger partial charge is 0.469 e. The zero-order valence-electron chi connectivity index (χ0n) is 15.9. The number of amides is 1. The molecule has 2 atom stereocenters. The molecule has 2 aliphatic heterocycles. The molecule has 0 bridgehead atoms. The topological polar surface area (TPSA) is 71.9 Å². The first-order valence-electron chi connectivity index (χ1n) is 9.38. The molecule has 1 aromatic carbocycles. The Morgan fingerprint density at radius 3 is 2.89 bits per heavy atom. The molecule has 2 aliphatic rings. The van der Waals surface area contributed by atoms with Crippen LogP contribution in [0.15, 0.2) is 24.4 Å². The zero-order chi connectivity index (χ0) is 19.8. The molecular weight excluding hydrogens is 363 g/mol. The number of aromatic nitrogens is 1.